The fourth-order valence-electron chi connectivity index (χ4n) is 5.17. The van der Waals surface area contributed by atoms with Gasteiger partial charge in [0.25, 0.3) is 5.56 Å². The third kappa shape index (κ3) is 5.02. The zero-order valence-corrected chi connectivity index (χ0v) is 21.8. The topological polar surface area (TPSA) is 84.1 Å². The Morgan fingerprint density at radius 1 is 1.03 bits per heavy atom. The molecule has 1 aliphatic rings. The molecule has 0 amide bonds. The normalized spacial score (nSPS) is 16.2. The van der Waals surface area contributed by atoms with Crippen LogP contribution in [0.15, 0.2) is 53.3 Å². The van der Waals surface area contributed by atoms with E-state index >= 15 is 0 Å². The van der Waals surface area contributed by atoms with Crippen LogP contribution in [0.3, 0.4) is 0 Å². The SMILES string of the molecule is Cc1ccc2[nH]c(=O)c([C@@H](c3nnnn3C(C)(C)C)[NH+]3CCN(c4cccc(C(F)(F)F)c4)CC3)cc2c1. The number of fused-ring (bicyclic) bond motifs is 1. The van der Waals surface area contributed by atoms with Gasteiger partial charge in [0, 0.05) is 11.2 Å². The largest absolute Gasteiger partial charge is 0.416 e. The van der Waals surface area contributed by atoms with Gasteiger partial charge in [0.2, 0.25) is 5.82 Å². The number of halogens is 3. The minimum atomic E-state index is -4.40. The zero-order chi connectivity index (χ0) is 27.2. The molecule has 38 heavy (non-hydrogen) atoms. The Kier molecular flexibility index (Phi) is 6.50. The molecule has 1 atom stereocenters. The van der Waals surface area contributed by atoms with E-state index in [1.165, 1.54) is 12.1 Å². The van der Waals surface area contributed by atoms with Gasteiger partial charge in [-0.25, -0.2) is 4.68 Å². The van der Waals surface area contributed by atoms with Crippen LogP contribution >= 0.6 is 0 Å². The summed E-state index contributed by atoms with van der Waals surface area (Å²) in [6.45, 7) is 10.2. The van der Waals surface area contributed by atoms with E-state index in [4.69, 9.17) is 0 Å². The third-order valence-electron chi connectivity index (χ3n) is 7.08. The van der Waals surface area contributed by atoms with Crippen molar-refractivity contribution in [1.29, 1.82) is 0 Å². The first kappa shape index (κ1) is 25.9. The van der Waals surface area contributed by atoms with E-state index in [0.29, 0.717) is 43.3 Å². The number of pyridine rings is 1. The minimum absolute atomic E-state index is 0.206. The fourth-order valence-corrected chi connectivity index (χ4v) is 5.17. The number of aromatic amines is 1. The number of tetrazole rings is 1. The summed E-state index contributed by atoms with van der Waals surface area (Å²) in [5.41, 5.74) is 1.64. The van der Waals surface area contributed by atoms with Crippen LogP contribution in [0.5, 0.6) is 0 Å². The molecule has 2 N–H and O–H groups in total. The molecule has 1 fully saturated rings. The van der Waals surface area contributed by atoms with Gasteiger partial charge in [-0.1, -0.05) is 17.7 Å². The molecule has 200 valence electrons. The molecule has 0 unspecified atom stereocenters. The van der Waals surface area contributed by atoms with E-state index < -0.39 is 23.3 Å². The number of nitrogens with zero attached hydrogens (tertiary/aromatic N) is 5. The van der Waals surface area contributed by atoms with E-state index in [-0.39, 0.29) is 5.56 Å². The maximum Gasteiger partial charge on any atom is 0.416 e. The number of aryl methyl sites for hydroxylation is 1. The van der Waals surface area contributed by atoms with E-state index in [2.05, 4.69) is 20.5 Å². The van der Waals surface area contributed by atoms with Gasteiger partial charge in [0.05, 0.1) is 42.8 Å². The van der Waals surface area contributed by atoms with Crippen molar-refractivity contribution >= 4 is 16.6 Å². The lowest BCUT2D eigenvalue weighted by Crippen LogP contribution is -3.15. The molecule has 0 bridgehead atoms. The Morgan fingerprint density at radius 3 is 2.45 bits per heavy atom. The van der Waals surface area contributed by atoms with Crippen molar-refractivity contribution in [3.05, 3.63) is 81.4 Å². The van der Waals surface area contributed by atoms with Crippen molar-refractivity contribution in [1.82, 2.24) is 25.2 Å². The molecule has 4 aromatic rings. The summed E-state index contributed by atoms with van der Waals surface area (Å²) in [4.78, 5) is 19.5. The Morgan fingerprint density at radius 2 is 1.76 bits per heavy atom. The molecule has 5 rings (SSSR count). The number of rotatable bonds is 4. The summed E-state index contributed by atoms with van der Waals surface area (Å²) in [6, 6.07) is 12.8. The van der Waals surface area contributed by atoms with Crippen LogP contribution in [0.2, 0.25) is 0 Å². The van der Waals surface area contributed by atoms with Crippen LogP contribution in [-0.2, 0) is 11.7 Å². The predicted molar refractivity (Wildman–Crippen MR) is 138 cm³/mol. The lowest BCUT2D eigenvalue weighted by Gasteiger charge is -2.37. The number of H-pyrrole nitrogens is 1. The summed E-state index contributed by atoms with van der Waals surface area (Å²) in [5.74, 6) is 0.581. The van der Waals surface area contributed by atoms with Gasteiger partial charge >= 0.3 is 6.18 Å². The van der Waals surface area contributed by atoms with Crippen LogP contribution < -0.4 is 15.4 Å². The molecule has 0 saturated carbocycles. The summed E-state index contributed by atoms with van der Waals surface area (Å²) in [7, 11) is 0. The number of anilines is 1. The van der Waals surface area contributed by atoms with Gasteiger partial charge in [0.15, 0.2) is 6.04 Å². The maximum absolute atomic E-state index is 13.4. The Hall–Kier alpha value is -3.73. The van der Waals surface area contributed by atoms with Gasteiger partial charge in [0.1, 0.15) is 0 Å². The molecule has 8 nitrogen and oxygen atoms in total. The van der Waals surface area contributed by atoms with Crippen molar-refractivity contribution in [2.75, 3.05) is 31.1 Å². The molecule has 0 spiro atoms. The van der Waals surface area contributed by atoms with Gasteiger partial charge in [-0.2, -0.15) is 13.2 Å². The average molecular weight is 527 g/mol. The summed E-state index contributed by atoms with van der Waals surface area (Å²) < 4.78 is 41.6. The number of aromatic nitrogens is 5. The number of piperazine rings is 1. The third-order valence-corrected chi connectivity index (χ3v) is 7.08. The van der Waals surface area contributed by atoms with E-state index in [1.54, 1.807) is 10.7 Å². The van der Waals surface area contributed by atoms with Crippen molar-refractivity contribution in [3.63, 3.8) is 0 Å². The Balaban J connectivity index is 1.52. The van der Waals surface area contributed by atoms with Crippen LogP contribution in [0, 0.1) is 6.92 Å². The van der Waals surface area contributed by atoms with E-state index in [0.717, 1.165) is 27.4 Å². The molecular weight excluding hydrogens is 495 g/mol. The number of hydrogen-bond donors (Lipinski definition) is 2. The number of nitrogens with one attached hydrogen (secondary N) is 2. The Bertz CT molecular complexity index is 1510. The second-order valence-electron chi connectivity index (χ2n) is 10.9. The van der Waals surface area contributed by atoms with Crippen molar-refractivity contribution in [3.8, 4) is 0 Å². The minimum Gasteiger partial charge on any atom is -0.360 e. The second kappa shape index (κ2) is 9.54. The van der Waals surface area contributed by atoms with Crippen LogP contribution in [-0.4, -0.2) is 51.4 Å². The first-order valence-electron chi connectivity index (χ1n) is 12.6. The van der Waals surface area contributed by atoms with E-state index in [9.17, 15) is 18.0 Å². The molecule has 3 heterocycles. The lowest BCUT2D eigenvalue weighted by molar-refractivity contribution is -0.927. The summed E-state index contributed by atoms with van der Waals surface area (Å²) >= 11 is 0. The van der Waals surface area contributed by atoms with Crippen molar-refractivity contribution in [2.24, 2.45) is 0 Å². The molecular formula is C27H31F3N7O+. The quantitative estimate of drug-likeness (QED) is 0.427. The summed E-state index contributed by atoms with van der Waals surface area (Å²) in [5, 5.41) is 13.5. The molecule has 11 heteroatoms. The molecule has 2 aromatic heterocycles. The molecule has 0 radical (unpaired) electrons. The van der Waals surface area contributed by atoms with Crippen molar-refractivity contribution in [2.45, 2.75) is 45.5 Å². The maximum atomic E-state index is 13.4. The first-order chi connectivity index (χ1) is 17.9. The van der Waals surface area contributed by atoms with Crippen LogP contribution in [0.4, 0.5) is 18.9 Å². The predicted octanol–water partition coefficient (Wildman–Crippen LogP) is 3.09. The van der Waals surface area contributed by atoms with Gasteiger partial charge in [-0.15, -0.1) is 5.10 Å². The van der Waals surface area contributed by atoms with Crippen LogP contribution in [0.25, 0.3) is 10.9 Å². The first-order valence-corrected chi connectivity index (χ1v) is 12.6. The smallest absolute Gasteiger partial charge is 0.360 e. The standard InChI is InChI=1S/C27H30F3N7O/c1-17-8-9-22-18(14-17)15-21(25(38)31-22)23(24-32-33-34-37(24)26(2,3)4)36-12-10-35(11-13-36)20-7-5-6-19(16-20)27(28,29)30/h5-9,14-16,23H,10-13H2,1-4H3,(H,31,38)/p+1/t23-/m0/s1. The van der Waals surface area contributed by atoms with Gasteiger partial charge < -0.3 is 14.8 Å². The average Bonchev–Trinajstić information content (AvgIpc) is 3.35. The lowest BCUT2D eigenvalue weighted by atomic mass is 10.0. The highest BCUT2D eigenvalue weighted by atomic mass is 19.4. The van der Waals surface area contributed by atoms with E-state index in [1.807, 2.05) is 56.9 Å². The highest BCUT2D eigenvalue weighted by Crippen LogP contribution is 2.32. The highest BCUT2D eigenvalue weighted by molar-refractivity contribution is 5.79. The molecule has 0 aliphatic carbocycles. The molecule has 1 saturated heterocycles. The number of hydrogen-bond acceptors (Lipinski definition) is 5. The number of quaternary nitrogens is 1. The molecule has 1 aliphatic heterocycles. The second-order valence-corrected chi connectivity index (χ2v) is 10.9. The summed E-state index contributed by atoms with van der Waals surface area (Å²) in [6.07, 6.45) is -4.40. The monoisotopic (exact) mass is 526 g/mol. The number of alkyl halides is 3. The van der Waals surface area contributed by atoms with Gasteiger partial charge in [-0.3, -0.25) is 4.79 Å². The molecule has 2 aromatic carbocycles. The fraction of sp³-hybridized carbons (Fsp3) is 0.407. The van der Waals surface area contributed by atoms with Crippen molar-refractivity contribution < 1.29 is 18.1 Å². The van der Waals surface area contributed by atoms with Gasteiger partial charge in [-0.05, 0) is 79.9 Å². The van der Waals surface area contributed by atoms with Crippen LogP contribution in [0.1, 0.15) is 49.3 Å². The zero-order valence-electron chi connectivity index (χ0n) is 21.8. The highest BCUT2D eigenvalue weighted by Gasteiger charge is 2.38. The Labute approximate surface area is 218 Å². The number of benzene rings is 2.